The number of ether oxygens (including phenoxy) is 1. The molecule has 16 heteroatoms. The average molecular weight is 911 g/mol. The lowest BCUT2D eigenvalue weighted by atomic mass is 9.65. The van der Waals surface area contributed by atoms with Crippen LogP contribution in [-0.4, -0.2) is 109 Å². The largest absolute Gasteiger partial charge is 0.508 e. The van der Waals surface area contributed by atoms with E-state index in [0.717, 1.165) is 54.7 Å². The molecule has 16 nitrogen and oxygen atoms in total. The average Bonchev–Trinajstić information content (AvgIpc) is 3.99. The maximum absolute atomic E-state index is 13.8. The lowest BCUT2D eigenvalue weighted by molar-refractivity contribution is -0.793. The maximum atomic E-state index is 13.8. The molecule has 352 valence electrons. The summed E-state index contributed by atoms with van der Waals surface area (Å²) in [5.41, 5.74) is -0.344. The number of fused-ring (bicyclic) bond motifs is 4. The lowest BCUT2D eigenvalue weighted by Crippen LogP contribution is -3.05. The Bertz CT molecular complexity index is 2690. The number of quaternary nitrogens is 1. The van der Waals surface area contributed by atoms with Gasteiger partial charge in [-0.25, -0.2) is 9.78 Å². The van der Waals surface area contributed by atoms with Gasteiger partial charge in [0.15, 0.2) is 11.2 Å². The number of aryl methyl sites for hydroxylation is 1. The number of aliphatic imine (C=N–C) groups is 1. The van der Waals surface area contributed by atoms with Gasteiger partial charge in [-0.3, -0.25) is 19.5 Å². The number of aliphatic hydroxyl groups excluding tert-OH is 4. The van der Waals surface area contributed by atoms with Crippen LogP contribution in [0.1, 0.15) is 82.1 Å². The van der Waals surface area contributed by atoms with Crippen molar-refractivity contribution in [3.63, 3.8) is 0 Å². The van der Waals surface area contributed by atoms with E-state index in [1.165, 1.54) is 36.4 Å². The quantitative estimate of drug-likeness (QED) is 0.0615. The maximum Gasteiger partial charge on any atom is 0.226 e. The normalized spacial score (nSPS) is 26.6. The predicted octanol–water partition coefficient (Wildman–Crippen LogP) is 3.36. The molecule has 1 aromatic heterocycles. The summed E-state index contributed by atoms with van der Waals surface area (Å²) < 4.78 is 13.7. The summed E-state index contributed by atoms with van der Waals surface area (Å²) in [5.74, 6) is 0.859. The zero-order chi connectivity index (χ0) is 46.7. The Morgan fingerprint density at radius 2 is 1.82 bits per heavy atom. The molecule has 2 fully saturated rings. The number of hydrogen-bond donors (Lipinski definition) is 9. The SMILES string of the molecule is CCC1C2=CC=NC2=C[NH+]1c1c2c(cc3c(=O)cc(C)oc13)CC(OOCC(O)(Cc1ccc(O)c3ccc(O)cc13)C(O)C(O)C(O)CO)C(C)(CCC1CNC(=O)C13CCCCC3)O2. The number of nitrogens with zero attached hydrogens (tertiary/aromatic N) is 1. The first-order valence-electron chi connectivity index (χ1n) is 23.1. The Morgan fingerprint density at radius 1 is 1.03 bits per heavy atom. The molecule has 1 saturated carbocycles. The Hall–Kier alpha value is -5.17. The van der Waals surface area contributed by atoms with Crippen molar-refractivity contribution in [3.8, 4) is 17.2 Å². The minimum Gasteiger partial charge on any atom is -0.508 e. The molecule has 1 spiro atoms. The van der Waals surface area contributed by atoms with Crippen LogP contribution in [0.25, 0.3) is 21.7 Å². The monoisotopic (exact) mass is 910 g/mol. The highest BCUT2D eigenvalue weighted by Gasteiger charge is 2.53. The van der Waals surface area contributed by atoms with Crippen molar-refractivity contribution < 1.29 is 64.4 Å². The van der Waals surface area contributed by atoms with E-state index in [1.54, 1.807) is 19.2 Å². The van der Waals surface area contributed by atoms with Gasteiger partial charge in [0.1, 0.15) is 77.4 Å². The topological polar surface area (TPSA) is 245 Å². The van der Waals surface area contributed by atoms with Crippen molar-refractivity contribution in [2.24, 2.45) is 16.3 Å². The highest BCUT2D eigenvalue weighted by atomic mass is 17.2. The summed E-state index contributed by atoms with van der Waals surface area (Å²) in [6.07, 6.45) is 5.01. The molecule has 1 amide bonds. The van der Waals surface area contributed by atoms with Crippen LogP contribution in [0.5, 0.6) is 17.2 Å². The molecule has 9 N–H and O–H groups in total. The predicted molar refractivity (Wildman–Crippen MR) is 242 cm³/mol. The van der Waals surface area contributed by atoms with Crippen molar-refractivity contribution in [2.45, 2.75) is 127 Å². The summed E-state index contributed by atoms with van der Waals surface area (Å²) in [5, 5.41) is 80.2. The number of phenols is 2. The molecule has 5 aliphatic rings. The number of phenolic OH excluding ortho intramolecular Hbond substituents is 2. The molecule has 3 aromatic carbocycles. The molecule has 0 radical (unpaired) electrons. The third-order valence-electron chi connectivity index (χ3n) is 15.1. The van der Waals surface area contributed by atoms with E-state index >= 15 is 0 Å². The summed E-state index contributed by atoms with van der Waals surface area (Å²) in [6.45, 7) is 4.58. The molecule has 66 heavy (non-hydrogen) atoms. The number of hydrogen-bond acceptors (Lipinski definition) is 14. The Morgan fingerprint density at radius 3 is 2.58 bits per heavy atom. The van der Waals surface area contributed by atoms with E-state index in [-0.39, 0.29) is 41.2 Å². The first-order valence-corrected chi connectivity index (χ1v) is 23.1. The number of benzene rings is 3. The van der Waals surface area contributed by atoms with Crippen LogP contribution in [0, 0.1) is 18.3 Å². The van der Waals surface area contributed by atoms with Crippen molar-refractivity contribution in [3.05, 3.63) is 93.1 Å². The van der Waals surface area contributed by atoms with Gasteiger partial charge in [-0.2, -0.15) is 0 Å². The molecule has 9 unspecified atom stereocenters. The van der Waals surface area contributed by atoms with Gasteiger partial charge in [0.2, 0.25) is 17.2 Å². The molecular formula is C50H60N3O13+. The first kappa shape index (κ1) is 46.0. The number of aliphatic hydroxyl groups is 5. The molecule has 9 atom stereocenters. The second-order valence-corrected chi connectivity index (χ2v) is 19.3. The van der Waals surface area contributed by atoms with Crippen LogP contribution in [-0.2, 0) is 27.4 Å². The highest BCUT2D eigenvalue weighted by molar-refractivity contribution is 5.92. The Kier molecular flexibility index (Phi) is 12.4. The van der Waals surface area contributed by atoms with Gasteiger partial charge in [0.25, 0.3) is 0 Å². The van der Waals surface area contributed by atoms with Crippen LogP contribution in [0.2, 0.25) is 0 Å². The second kappa shape index (κ2) is 17.8. The van der Waals surface area contributed by atoms with E-state index in [4.69, 9.17) is 18.9 Å². The van der Waals surface area contributed by atoms with E-state index in [1.807, 2.05) is 19.2 Å². The van der Waals surface area contributed by atoms with E-state index in [2.05, 4.69) is 17.2 Å². The van der Waals surface area contributed by atoms with Gasteiger partial charge in [0.05, 0.1) is 17.4 Å². The third kappa shape index (κ3) is 8.00. The van der Waals surface area contributed by atoms with Crippen molar-refractivity contribution in [2.75, 3.05) is 19.8 Å². The van der Waals surface area contributed by atoms with Crippen molar-refractivity contribution in [1.82, 2.24) is 5.32 Å². The lowest BCUT2D eigenvalue weighted by Gasteiger charge is -2.44. The van der Waals surface area contributed by atoms with Crippen molar-refractivity contribution >= 4 is 39.6 Å². The van der Waals surface area contributed by atoms with Crippen LogP contribution in [0.15, 0.2) is 80.2 Å². The second-order valence-electron chi connectivity index (χ2n) is 19.3. The number of rotatable bonds is 15. The summed E-state index contributed by atoms with van der Waals surface area (Å²) >= 11 is 0. The number of carbonyl (C=O) groups is 1. The Labute approximate surface area is 381 Å². The fraction of sp³-hybridized carbons (Fsp3) is 0.500. The fourth-order valence-corrected chi connectivity index (χ4v) is 11.3. The van der Waals surface area contributed by atoms with Crippen LogP contribution in [0.3, 0.4) is 0 Å². The molecule has 4 aliphatic heterocycles. The third-order valence-corrected chi connectivity index (χ3v) is 15.1. The highest BCUT2D eigenvalue weighted by Crippen LogP contribution is 2.50. The zero-order valence-electron chi connectivity index (χ0n) is 37.5. The Balaban J connectivity index is 1.10. The summed E-state index contributed by atoms with van der Waals surface area (Å²) in [4.78, 5) is 45.1. The standard InChI is InChI=1S/C50H59N3O13/c1-4-37-33-13-17-51-36(33)24-53(37)42-44-29(19-35-39(57)18-27(2)64-45(35)42)20-41(48(3,65-44)16-12-30-23-52-47(61)49(30)14-6-5-7-15-49)66-63-26-50(62,46(60)43(59)40(58)25-54)22-28-8-11-38(56)32-10-9-31(55)21-34(28)32/h8-11,13,17-19,21,24,30,37,40-41,43,46,54-56,58-60,62H,4-7,12,14-16,20,22-23,25-26H2,1-3H3,(H,52,61)/p+1. The number of carbonyl (C=O) groups excluding carboxylic acids is 1. The number of nitrogens with one attached hydrogen (secondary N) is 2. The van der Waals surface area contributed by atoms with Gasteiger partial charge < -0.3 is 50.2 Å². The summed E-state index contributed by atoms with van der Waals surface area (Å²) in [6, 6.07) is 10.3. The van der Waals surface area contributed by atoms with Gasteiger partial charge in [-0.1, -0.05) is 32.3 Å². The van der Waals surface area contributed by atoms with Gasteiger partial charge in [-0.15, -0.1) is 0 Å². The van der Waals surface area contributed by atoms with E-state index in [0.29, 0.717) is 69.5 Å². The molecule has 4 aromatic rings. The fourth-order valence-electron chi connectivity index (χ4n) is 11.3. The molecular weight excluding hydrogens is 851 g/mol. The summed E-state index contributed by atoms with van der Waals surface area (Å²) in [7, 11) is 0. The smallest absolute Gasteiger partial charge is 0.226 e. The van der Waals surface area contributed by atoms with Crippen LogP contribution < -0.4 is 20.4 Å². The minimum atomic E-state index is -2.41. The van der Waals surface area contributed by atoms with Crippen molar-refractivity contribution in [1.29, 1.82) is 0 Å². The van der Waals surface area contributed by atoms with Crippen LogP contribution in [0.4, 0.5) is 5.69 Å². The molecule has 0 bridgehead atoms. The first-order chi connectivity index (χ1) is 31.6. The van der Waals surface area contributed by atoms with Gasteiger partial charge in [-0.05, 0) is 92.8 Å². The molecule has 1 saturated heterocycles. The number of aromatic hydroxyl groups is 2. The molecule has 9 rings (SSSR count). The van der Waals surface area contributed by atoms with Gasteiger partial charge >= 0.3 is 0 Å². The van der Waals surface area contributed by atoms with Gasteiger partial charge in [0, 0.05) is 54.6 Å². The van der Waals surface area contributed by atoms with E-state index < -0.39 is 60.7 Å². The van der Waals surface area contributed by atoms with E-state index in [9.17, 15) is 45.3 Å². The van der Waals surface area contributed by atoms with Crippen LogP contribution >= 0.6 is 0 Å². The molecule has 1 aliphatic carbocycles. The molecule has 5 heterocycles. The zero-order valence-corrected chi connectivity index (χ0v) is 37.5. The number of allylic oxidation sites excluding steroid dienone is 1. The minimum absolute atomic E-state index is 0.0206. The number of amides is 1.